The monoisotopic (exact) mass is 454 g/mol. The quantitative estimate of drug-likeness (QED) is 0.626. The van der Waals surface area contributed by atoms with Gasteiger partial charge in [0.1, 0.15) is 5.75 Å². The maximum atomic E-state index is 14.9. The highest BCUT2D eigenvalue weighted by atomic mass is 19.3. The lowest BCUT2D eigenvalue weighted by molar-refractivity contribution is -0.0726. The number of rotatable bonds is 4. The van der Waals surface area contributed by atoms with Crippen molar-refractivity contribution in [1.29, 1.82) is 0 Å². The molecule has 0 radical (unpaired) electrons. The summed E-state index contributed by atoms with van der Waals surface area (Å²) in [5.41, 5.74) is 1.54. The smallest absolute Gasteiger partial charge is 0.283 e. The highest BCUT2D eigenvalue weighted by Gasteiger charge is 2.56. The van der Waals surface area contributed by atoms with Gasteiger partial charge in [-0.15, -0.1) is 10.2 Å². The zero-order chi connectivity index (χ0) is 23.3. The molecule has 2 N–H and O–H groups in total. The van der Waals surface area contributed by atoms with Gasteiger partial charge >= 0.3 is 0 Å². The summed E-state index contributed by atoms with van der Waals surface area (Å²) in [4.78, 5) is 17.6. The standard InChI is InChI=1S/C23H24F2N6O2/c1-30-8-7-14(10-21(30)33)13-3-5-16(17(32)9-13)22-26-12-20(28-29-22)31(2)19-11-15-4-6-18(27-15)23(19,24)25/h3,5,7-10,12,15,18-19,27,32H,4,6,11H2,1-2H3/t15-,18+,19+/m0/s1. The van der Waals surface area contributed by atoms with Crippen molar-refractivity contribution in [1.82, 2.24) is 25.1 Å². The van der Waals surface area contributed by atoms with Gasteiger partial charge in [-0.2, -0.15) is 0 Å². The number of hydrogen-bond donors (Lipinski definition) is 2. The Balaban J connectivity index is 1.38. The maximum Gasteiger partial charge on any atom is 0.283 e. The molecule has 10 heteroatoms. The van der Waals surface area contributed by atoms with Crippen LogP contribution in [0.15, 0.2) is 47.5 Å². The van der Waals surface area contributed by atoms with Crippen LogP contribution in [-0.2, 0) is 7.05 Å². The van der Waals surface area contributed by atoms with E-state index in [1.165, 1.54) is 27.8 Å². The predicted molar refractivity (Wildman–Crippen MR) is 119 cm³/mol. The lowest BCUT2D eigenvalue weighted by Gasteiger charge is -2.42. The van der Waals surface area contributed by atoms with E-state index in [1.54, 1.807) is 38.5 Å². The summed E-state index contributed by atoms with van der Waals surface area (Å²) < 4.78 is 31.2. The van der Waals surface area contributed by atoms with Crippen LogP contribution in [0.25, 0.3) is 22.5 Å². The van der Waals surface area contributed by atoms with Crippen LogP contribution in [0.4, 0.5) is 14.6 Å². The number of nitrogens with zero attached hydrogens (tertiary/aromatic N) is 5. The third-order valence-electron chi connectivity index (χ3n) is 6.71. The molecular weight excluding hydrogens is 430 g/mol. The van der Waals surface area contributed by atoms with Crippen molar-refractivity contribution in [3.63, 3.8) is 0 Å². The number of aromatic hydroxyl groups is 1. The van der Waals surface area contributed by atoms with E-state index in [-0.39, 0.29) is 29.0 Å². The molecule has 2 aliphatic heterocycles. The first-order valence-corrected chi connectivity index (χ1v) is 10.8. The molecule has 3 aromatic rings. The molecular formula is C23H24F2N6O2. The molecule has 8 nitrogen and oxygen atoms in total. The Morgan fingerprint density at radius 1 is 1.18 bits per heavy atom. The lowest BCUT2D eigenvalue weighted by atomic mass is 9.94. The van der Waals surface area contributed by atoms with Gasteiger partial charge < -0.3 is 19.9 Å². The Bertz CT molecular complexity index is 1250. The molecule has 3 atom stereocenters. The summed E-state index contributed by atoms with van der Waals surface area (Å²) in [6, 6.07) is 6.47. The number of piperidine rings is 1. The Morgan fingerprint density at radius 3 is 2.67 bits per heavy atom. The molecule has 2 saturated heterocycles. The number of alkyl halides is 2. The molecule has 1 aromatic carbocycles. The van der Waals surface area contributed by atoms with Crippen LogP contribution >= 0.6 is 0 Å². The number of aromatic nitrogens is 4. The minimum atomic E-state index is -2.88. The molecule has 172 valence electrons. The number of aryl methyl sites for hydroxylation is 1. The maximum absolute atomic E-state index is 14.9. The molecule has 2 fully saturated rings. The van der Waals surface area contributed by atoms with Crippen molar-refractivity contribution in [2.45, 2.75) is 43.3 Å². The van der Waals surface area contributed by atoms with E-state index in [0.29, 0.717) is 29.5 Å². The minimum absolute atomic E-state index is 0.0717. The number of halogens is 2. The van der Waals surface area contributed by atoms with Gasteiger partial charge in [0.25, 0.3) is 11.5 Å². The third kappa shape index (κ3) is 3.74. The fourth-order valence-electron chi connectivity index (χ4n) is 4.73. The van der Waals surface area contributed by atoms with E-state index in [2.05, 4.69) is 20.5 Å². The second kappa shape index (κ2) is 7.87. The number of pyridine rings is 1. The first-order chi connectivity index (χ1) is 15.7. The Morgan fingerprint density at radius 2 is 1.97 bits per heavy atom. The second-order valence-electron chi connectivity index (χ2n) is 8.77. The summed E-state index contributed by atoms with van der Waals surface area (Å²) >= 11 is 0. The number of hydrogen-bond acceptors (Lipinski definition) is 7. The number of anilines is 1. The SMILES string of the molecule is CN(c1cnc(-c2ccc(-c3ccn(C)c(=O)c3)cc2O)nn1)[C@@H]1C[C@@H]2CC[C@@H](N2)C1(F)F. The van der Waals surface area contributed by atoms with E-state index in [4.69, 9.17) is 0 Å². The zero-order valence-electron chi connectivity index (χ0n) is 18.2. The summed E-state index contributed by atoms with van der Waals surface area (Å²) in [5.74, 6) is -2.52. The van der Waals surface area contributed by atoms with E-state index in [1.807, 2.05) is 0 Å². The number of nitrogens with one attached hydrogen (secondary N) is 1. The van der Waals surface area contributed by atoms with Crippen molar-refractivity contribution in [3.8, 4) is 28.3 Å². The van der Waals surface area contributed by atoms with E-state index >= 15 is 0 Å². The van der Waals surface area contributed by atoms with Crippen LogP contribution < -0.4 is 15.8 Å². The first-order valence-electron chi connectivity index (χ1n) is 10.8. The molecule has 0 aliphatic carbocycles. The van der Waals surface area contributed by atoms with Crippen molar-refractivity contribution < 1.29 is 13.9 Å². The average molecular weight is 454 g/mol. The number of phenolic OH excluding ortho intramolecular Hbond substituents is 1. The van der Waals surface area contributed by atoms with Crippen LogP contribution in [0, 0.1) is 0 Å². The fourth-order valence-corrected chi connectivity index (χ4v) is 4.73. The molecule has 2 aliphatic rings. The molecule has 33 heavy (non-hydrogen) atoms. The Kier molecular flexibility index (Phi) is 5.12. The normalized spacial score (nSPS) is 23.5. The second-order valence-corrected chi connectivity index (χ2v) is 8.77. The average Bonchev–Trinajstić information content (AvgIpc) is 3.24. The number of fused-ring (bicyclic) bond motifs is 2. The highest BCUT2D eigenvalue weighted by Crippen LogP contribution is 2.41. The molecule has 0 amide bonds. The minimum Gasteiger partial charge on any atom is -0.507 e. The van der Waals surface area contributed by atoms with Gasteiger partial charge in [0.15, 0.2) is 11.6 Å². The van der Waals surface area contributed by atoms with Crippen LogP contribution in [0.5, 0.6) is 5.75 Å². The fraction of sp³-hybridized carbons (Fsp3) is 0.391. The van der Waals surface area contributed by atoms with Crippen molar-refractivity contribution in [2.24, 2.45) is 7.05 Å². The van der Waals surface area contributed by atoms with Gasteiger partial charge in [-0.05, 0) is 48.6 Å². The predicted octanol–water partition coefficient (Wildman–Crippen LogP) is 2.57. The molecule has 0 unspecified atom stereocenters. The first kappa shape index (κ1) is 21.4. The van der Waals surface area contributed by atoms with Crippen molar-refractivity contribution >= 4 is 5.82 Å². The summed E-state index contributed by atoms with van der Waals surface area (Å²) in [6.07, 6.45) is 4.60. The molecule has 2 bridgehead atoms. The largest absolute Gasteiger partial charge is 0.507 e. The van der Waals surface area contributed by atoms with Gasteiger partial charge in [-0.25, -0.2) is 13.8 Å². The van der Waals surface area contributed by atoms with E-state index in [9.17, 15) is 18.7 Å². The number of phenols is 1. The summed E-state index contributed by atoms with van der Waals surface area (Å²) in [6.45, 7) is 0. The van der Waals surface area contributed by atoms with Crippen molar-refractivity contribution in [3.05, 3.63) is 53.1 Å². The third-order valence-corrected chi connectivity index (χ3v) is 6.71. The van der Waals surface area contributed by atoms with Crippen LogP contribution in [0.1, 0.15) is 19.3 Å². The summed E-state index contributed by atoms with van der Waals surface area (Å²) in [5, 5.41) is 21.7. The van der Waals surface area contributed by atoms with Crippen LogP contribution in [0.2, 0.25) is 0 Å². The van der Waals surface area contributed by atoms with E-state index in [0.717, 1.165) is 6.42 Å². The molecule has 4 heterocycles. The summed E-state index contributed by atoms with van der Waals surface area (Å²) in [7, 11) is 3.25. The van der Waals surface area contributed by atoms with Crippen LogP contribution in [0.3, 0.4) is 0 Å². The van der Waals surface area contributed by atoms with Gasteiger partial charge in [0.05, 0.1) is 23.8 Å². The van der Waals surface area contributed by atoms with Gasteiger partial charge in [0.2, 0.25) is 0 Å². The molecule has 0 saturated carbocycles. The van der Waals surface area contributed by atoms with E-state index < -0.39 is 18.0 Å². The molecule has 5 rings (SSSR count). The number of benzene rings is 1. The van der Waals surface area contributed by atoms with Gasteiger partial charge in [0, 0.05) is 32.4 Å². The Hall–Kier alpha value is -3.40. The molecule has 0 spiro atoms. The van der Waals surface area contributed by atoms with Gasteiger partial charge in [-0.3, -0.25) is 4.79 Å². The van der Waals surface area contributed by atoms with Gasteiger partial charge in [-0.1, -0.05) is 6.07 Å². The van der Waals surface area contributed by atoms with Crippen LogP contribution in [-0.4, -0.2) is 56.0 Å². The van der Waals surface area contributed by atoms with Crippen molar-refractivity contribution in [2.75, 3.05) is 11.9 Å². The zero-order valence-corrected chi connectivity index (χ0v) is 18.2. The topological polar surface area (TPSA) is 96.2 Å². The molecule has 2 aromatic heterocycles. The highest BCUT2D eigenvalue weighted by molar-refractivity contribution is 5.72. The Labute approximate surface area is 188 Å². The lowest BCUT2D eigenvalue weighted by Crippen LogP contribution is -2.62.